The number of benzene rings is 2. The van der Waals surface area contributed by atoms with Crippen molar-refractivity contribution in [2.24, 2.45) is 11.5 Å². The second kappa shape index (κ2) is 21.9. The van der Waals surface area contributed by atoms with Crippen LogP contribution in [-0.4, -0.2) is 116 Å². The van der Waals surface area contributed by atoms with Gasteiger partial charge in [-0.25, -0.2) is 5.26 Å². The van der Waals surface area contributed by atoms with E-state index in [9.17, 15) is 22.6 Å². The van der Waals surface area contributed by atoms with E-state index >= 15 is 0 Å². The standard InChI is InChI=1S/C43H65N7O8S2/c1-8-49-36-21-19-31(59-58-57-53)28-33(36)42(2,3)38(49)16-14-17-39-43(4,5)34-29-32(60(54,55)56)20-22-37(34)50(39)27-11-9-10-18-40(51)46-23-15-25-47(6)24-12-13-26-48(7)41(52)35(45)30-44/h14,16-17,19-22,28-29,35H,8-13,15,18,23-27,30,44-45H2,1-7H3,(H2-,46,51,53,54,55,56)/p+1. The Hall–Kier alpha value is -3.65. The van der Waals surface area contributed by atoms with Crippen LogP contribution in [0.2, 0.25) is 0 Å². The molecule has 0 saturated heterocycles. The molecule has 2 aromatic rings. The minimum Gasteiger partial charge on any atom is -0.356 e. The van der Waals surface area contributed by atoms with E-state index in [0.717, 1.165) is 109 Å². The topological polar surface area (TPSA) is 204 Å². The summed E-state index contributed by atoms with van der Waals surface area (Å²) in [5, 5.41) is 15.5. The highest BCUT2D eigenvalue weighted by Gasteiger charge is 2.45. The second-order valence-corrected chi connectivity index (χ2v) is 18.8. The van der Waals surface area contributed by atoms with Crippen molar-refractivity contribution in [3.8, 4) is 0 Å². The Morgan fingerprint density at radius 1 is 0.983 bits per heavy atom. The van der Waals surface area contributed by atoms with Gasteiger partial charge in [-0.15, -0.1) is 4.33 Å². The fourth-order valence-corrected chi connectivity index (χ4v) is 9.03. The van der Waals surface area contributed by atoms with Crippen LogP contribution in [0.15, 0.2) is 70.1 Å². The molecule has 1 unspecified atom stereocenters. The number of unbranched alkanes of at least 4 members (excludes halogenated alkanes) is 3. The number of carbonyl (C=O) groups excluding carboxylic acids is 2. The molecular formula is C43H66N7O8S2+. The Labute approximate surface area is 360 Å². The predicted octanol–water partition coefficient (Wildman–Crippen LogP) is 5.52. The van der Waals surface area contributed by atoms with E-state index in [4.69, 9.17) is 16.7 Å². The first-order valence-electron chi connectivity index (χ1n) is 20.8. The number of amides is 2. The van der Waals surface area contributed by atoms with Crippen molar-refractivity contribution in [3.63, 3.8) is 0 Å². The smallest absolute Gasteiger partial charge is 0.294 e. The average Bonchev–Trinajstić information content (AvgIpc) is 3.56. The molecule has 17 heteroatoms. The van der Waals surface area contributed by atoms with Crippen molar-refractivity contribution in [1.29, 1.82) is 0 Å². The van der Waals surface area contributed by atoms with Crippen LogP contribution in [0.5, 0.6) is 0 Å². The summed E-state index contributed by atoms with van der Waals surface area (Å²) in [6, 6.07) is 10.1. The highest BCUT2D eigenvalue weighted by atomic mass is 32.2. The minimum atomic E-state index is -4.40. The van der Waals surface area contributed by atoms with Gasteiger partial charge in [0.2, 0.25) is 17.5 Å². The molecular weight excluding hydrogens is 807 g/mol. The maximum atomic E-state index is 12.7. The number of nitrogens with two attached hydrogens (primary N) is 2. The summed E-state index contributed by atoms with van der Waals surface area (Å²) in [4.78, 5) is 31.5. The van der Waals surface area contributed by atoms with E-state index in [0.29, 0.717) is 26.1 Å². The molecule has 15 nitrogen and oxygen atoms in total. The zero-order valence-electron chi connectivity index (χ0n) is 36.3. The fraction of sp³-hybridized carbons (Fsp3) is 0.558. The van der Waals surface area contributed by atoms with Crippen molar-refractivity contribution in [2.45, 2.75) is 106 Å². The summed E-state index contributed by atoms with van der Waals surface area (Å²) in [6.45, 7) is 15.1. The van der Waals surface area contributed by atoms with Gasteiger partial charge >= 0.3 is 0 Å². The van der Waals surface area contributed by atoms with Crippen LogP contribution < -0.4 is 21.7 Å². The number of rotatable bonds is 24. The molecule has 60 heavy (non-hydrogen) atoms. The van der Waals surface area contributed by atoms with E-state index < -0.39 is 21.6 Å². The molecule has 0 saturated carbocycles. The Morgan fingerprint density at radius 3 is 2.38 bits per heavy atom. The van der Waals surface area contributed by atoms with Gasteiger partial charge < -0.3 is 31.5 Å². The molecule has 1 atom stereocenters. The molecule has 2 heterocycles. The molecule has 7 N–H and O–H groups in total. The number of hydrogen-bond donors (Lipinski definition) is 5. The van der Waals surface area contributed by atoms with Crippen LogP contribution in [-0.2, 0) is 39.9 Å². The molecule has 2 aliphatic rings. The second-order valence-electron chi connectivity index (χ2n) is 16.6. The summed E-state index contributed by atoms with van der Waals surface area (Å²) in [5.74, 6) is -0.0954. The lowest BCUT2D eigenvalue weighted by atomic mass is 9.81. The predicted molar refractivity (Wildman–Crippen MR) is 237 cm³/mol. The first kappa shape index (κ1) is 49.0. The van der Waals surface area contributed by atoms with E-state index in [-0.39, 0.29) is 28.7 Å². The average molecular weight is 873 g/mol. The third-order valence-corrected chi connectivity index (χ3v) is 13.0. The number of nitrogens with one attached hydrogen (secondary N) is 1. The SMILES string of the molecule is CCN1/C(=C/C=C/C2=[N+](CCCCCC(=O)NCCCN(C)CCCCN(C)C(=O)C(N)CN)c3ccc(S(=O)(=O)O)cc3C2(C)C)C(C)(C)c2cc(SOOO)ccc21. The molecule has 2 aromatic carbocycles. The number of hydrogen-bond acceptors (Lipinski definition) is 12. The molecule has 0 spiro atoms. The molecule has 2 aliphatic heterocycles. The number of anilines is 1. The molecule has 0 fully saturated rings. The zero-order chi connectivity index (χ0) is 44.3. The van der Waals surface area contributed by atoms with Crippen LogP contribution in [0.25, 0.3) is 0 Å². The summed E-state index contributed by atoms with van der Waals surface area (Å²) in [5.41, 5.74) is 16.3. The van der Waals surface area contributed by atoms with Gasteiger partial charge in [0, 0.05) is 85.5 Å². The Morgan fingerprint density at radius 2 is 1.70 bits per heavy atom. The normalized spacial score (nSPS) is 16.9. The molecule has 4 rings (SSSR count). The Kier molecular flexibility index (Phi) is 17.9. The van der Waals surface area contributed by atoms with Gasteiger partial charge in [-0.05, 0) is 115 Å². The Bertz CT molecular complexity index is 2020. The monoisotopic (exact) mass is 872 g/mol. The molecule has 0 aliphatic carbocycles. The number of likely N-dealkylation sites (N-methyl/N-ethyl adjacent to an activating group) is 2. The molecule has 332 valence electrons. The van der Waals surface area contributed by atoms with Gasteiger partial charge in [-0.1, -0.05) is 25.0 Å². The van der Waals surface area contributed by atoms with Crippen molar-refractivity contribution in [3.05, 3.63) is 71.5 Å². The van der Waals surface area contributed by atoms with Crippen molar-refractivity contribution < 1.29 is 41.8 Å². The first-order chi connectivity index (χ1) is 28.4. The lowest BCUT2D eigenvalue weighted by Gasteiger charge is -2.25. The van der Waals surface area contributed by atoms with E-state index in [1.165, 1.54) is 6.07 Å². The van der Waals surface area contributed by atoms with Gasteiger partial charge in [0.1, 0.15) is 6.54 Å². The lowest BCUT2D eigenvalue weighted by Crippen LogP contribution is -2.46. The number of fused-ring (bicyclic) bond motifs is 2. The molecule has 0 aromatic heterocycles. The van der Waals surface area contributed by atoms with Gasteiger partial charge in [0.05, 0.1) is 28.4 Å². The highest BCUT2D eigenvalue weighted by molar-refractivity contribution is 7.94. The largest absolute Gasteiger partial charge is 0.356 e. The van der Waals surface area contributed by atoms with Gasteiger partial charge in [0.15, 0.2) is 5.71 Å². The molecule has 0 bridgehead atoms. The summed E-state index contributed by atoms with van der Waals surface area (Å²) >= 11 is 0.929. The quantitative estimate of drug-likeness (QED) is 0.0221. The first-order valence-corrected chi connectivity index (χ1v) is 22.9. The van der Waals surface area contributed by atoms with Gasteiger partial charge in [0.25, 0.3) is 10.1 Å². The molecule has 2 amide bonds. The number of nitrogens with zero attached hydrogens (tertiary/aromatic N) is 4. The van der Waals surface area contributed by atoms with Crippen molar-refractivity contribution in [2.75, 3.05) is 64.8 Å². The van der Waals surface area contributed by atoms with Crippen LogP contribution in [0, 0.1) is 0 Å². The summed E-state index contributed by atoms with van der Waals surface area (Å²) in [6.07, 6.45) is 11.8. The van der Waals surface area contributed by atoms with Crippen molar-refractivity contribution in [1.82, 2.24) is 15.1 Å². The van der Waals surface area contributed by atoms with E-state index in [2.05, 4.69) is 89.0 Å². The summed E-state index contributed by atoms with van der Waals surface area (Å²) in [7, 11) is -0.590. The van der Waals surface area contributed by atoms with Crippen molar-refractivity contribution >= 4 is 51.1 Å². The van der Waals surface area contributed by atoms with Gasteiger partial charge in [-0.3, -0.25) is 14.1 Å². The highest BCUT2D eigenvalue weighted by Crippen LogP contribution is 2.49. The third kappa shape index (κ3) is 12.3. The minimum absolute atomic E-state index is 0.0373. The lowest BCUT2D eigenvalue weighted by molar-refractivity contribution is -0.438. The maximum Gasteiger partial charge on any atom is 0.294 e. The number of allylic oxidation sites excluding steroid dienone is 4. The Balaban J connectivity index is 1.35. The number of carbonyl (C=O) groups is 2. The van der Waals surface area contributed by atoms with E-state index in [1.54, 1.807) is 24.1 Å². The summed E-state index contributed by atoms with van der Waals surface area (Å²) < 4.78 is 41.1. The third-order valence-electron chi connectivity index (χ3n) is 11.6. The fourth-order valence-electron chi connectivity index (χ4n) is 8.12. The zero-order valence-corrected chi connectivity index (χ0v) is 37.9. The van der Waals surface area contributed by atoms with Crippen LogP contribution in [0.1, 0.15) is 90.7 Å². The van der Waals surface area contributed by atoms with Crippen LogP contribution in [0.3, 0.4) is 0 Å². The van der Waals surface area contributed by atoms with Crippen LogP contribution in [0.4, 0.5) is 11.4 Å². The van der Waals surface area contributed by atoms with Crippen LogP contribution >= 0.6 is 12.0 Å². The maximum absolute atomic E-state index is 12.7. The van der Waals surface area contributed by atoms with Gasteiger partial charge in [-0.2, -0.15) is 13.0 Å². The van der Waals surface area contributed by atoms with E-state index in [1.807, 2.05) is 18.2 Å². The molecule has 0 radical (unpaired) electrons.